The lowest BCUT2D eigenvalue weighted by atomic mass is 9.74. The van der Waals surface area contributed by atoms with Gasteiger partial charge in [0.15, 0.2) is 0 Å². The Labute approximate surface area is 144 Å². The van der Waals surface area contributed by atoms with E-state index in [0.29, 0.717) is 26.0 Å². The molecule has 5 heteroatoms. The first-order chi connectivity index (χ1) is 11.6. The summed E-state index contributed by atoms with van der Waals surface area (Å²) >= 11 is 0. The highest BCUT2D eigenvalue weighted by Crippen LogP contribution is 2.35. The van der Waals surface area contributed by atoms with Crippen molar-refractivity contribution in [2.45, 2.75) is 51.0 Å². The maximum Gasteiger partial charge on any atom is 0.220 e. The molecular formula is C19H30N2O3. The average molecular weight is 334 g/mol. The zero-order valence-electron chi connectivity index (χ0n) is 14.8. The summed E-state index contributed by atoms with van der Waals surface area (Å²) in [5.41, 5.74) is 6.90. The van der Waals surface area contributed by atoms with Crippen LogP contribution < -0.4 is 15.8 Å². The van der Waals surface area contributed by atoms with Gasteiger partial charge < -0.3 is 20.5 Å². The van der Waals surface area contributed by atoms with E-state index in [4.69, 9.17) is 15.2 Å². The molecule has 5 nitrogen and oxygen atoms in total. The predicted octanol–water partition coefficient (Wildman–Crippen LogP) is 2.38. The number of carbonyl (C=O) groups is 1. The summed E-state index contributed by atoms with van der Waals surface area (Å²) in [4.78, 5) is 12.1. The van der Waals surface area contributed by atoms with Gasteiger partial charge in [-0.25, -0.2) is 0 Å². The number of rotatable bonds is 8. The second kappa shape index (κ2) is 9.04. The minimum Gasteiger partial charge on any atom is -0.494 e. The number of carbonyl (C=O) groups excluding carboxylic acids is 1. The van der Waals surface area contributed by atoms with Crippen LogP contribution in [-0.2, 0) is 14.9 Å². The van der Waals surface area contributed by atoms with Crippen LogP contribution in [-0.4, -0.2) is 38.3 Å². The first-order valence-corrected chi connectivity index (χ1v) is 8.89. The smallest absolute Gasteiger partial charge is 0.220 e. The van der Waals surface area contributed by atoms with E-state index in [1.165, 1.54) is 5.56 Å². The van der Waals surface area contributed by atoms with Gasteiger partial charge in [-0.05, 0) is 50.8 Å². The number of nitrogens with two attached hydrogens (primary N) is 1. The first kappa shape index (κ1) is 18.7. The normalized spacial score (nSPS) is 18.0. The van der Waals surface area contributed by atoms with E-state index in [2.05, 4.69) is 17.4 Å². The van der Waals surface area contributed by atoms with E-state index >= 15 is 0 Å². The second-order valence-corrected chi connectivity index (χ2v) is 6.64. The van der Waals surface area contributed by atoms with Gasteiger partial charge in [0.05, 0.1) is 6.61 Å². The third kappa shape index (κ3) is 5.21. The van der Waals surface area contributed by atoms with E-state index < -0.39 is 0 Å². The highest BCUT2D eigenvalue weighted by atomic mass is 16.5. The standard InChI is InChI=1S/C19H30N2O3/c1-3-24-17-7-5-16(6-8-17)19(10-12-23-13-11-19)14-21-18(22)9-4-15(2)20/h5-8,15H,3-4,9-14,20H2,1-2H3,(H,21,22). The van der Waals surface area contributed by atoms with E-state index in [9.17, 15) is 4.79 Å². The van der Waals surface area contributed by atoms with Crippen LogP contribution >= 0.6 is 0 Å². The van der Waals surface area contributed by atoms with Gasteiger partial charge in [0, 0.05) is 37.6 Å². The molecule has 1 aliphatic rings. The van der Waals surface area contributed by atoms with Crippen molar-refractivity contribution in [1.29, 1.82) is 0 Å². The second-order valence-electron chi connectivity index (χ2n) is 6.64. The van der Waals surface area contributed by atoms with Crippen molar-refractivity contribution in [2.24, 2.45) is 5.73 Å². The van der Waals surface area contributed by atoms with E-state index in [1.54, 1.807) is 0 Å². The van der Waals surface area contributed by atoms with Crippen molar-refractivity contribution >= 4 is 5.91 Å². The molecule has 1 saturated heterocycles. The molecule has 1 amide bonds. The Morgan fingerprint density at radius 1 is 1.33 bits per heavy atom. The van der Waals surface area contributed by atoms with Crippen LogP contribution in [0.15, 0.2) is 24.3 Å². The molecule has 1 aliphatic heterocycles. The summed E-state index contributed by atoms with van der Waals surface area (Å²) in [5, 5.41) is 3.11. The Morgan fingerprint density at radius 2 is 2.00 bits per heavy atom. The third-order valence-electron chi connectivity index (χ3n) is 4.68. The fourth-order valence-electron chi connectivity index (χ4n) is 3.12. The number of nitrogens with one attached hydrogen (secondary N) is 1. The van der Waals surface area contributed by atoms with Crippen LogP contribution in [0, 0.1) is 0 Å². The number of hydrogen-bond donors (Lipinski definition) is 2. The molecule has 1 aromatic carbocycles. The van der Waals surface area contributed by atoms with Crippen molar-refractivity contribution in [3.8, 4) is 5.75 Å². The zero-order chi connectivity index (χ0) is 17.4. The monoisotopic (exact) mass is 334 g/mol. The van der Waals surface area contributed by atoms with E-state index in [1.807, 2.05) is 26.0 Å². The minimum absolute atomic E-state index is 0.0545. The van der Waals surface area contributed by atoms with Crippen molar-refractivity contribution in [3.05, 3.63) is 29.8 Å². The van der Waals surface area contributed by atoms with Gasteiger partial charge in [-0.2, -0.15) is 0 Å². The van der Waals surface area contributed by atoms with Crippen LogP contribution in [0.25, 0.3) is 0 Å². The molecule has 1 fully saturated rings. The maximum absolute atomic E-state index is 12.1. The Bertz CT molecular complexity index is 508. The Balaban J connectivity index is 2.04. The fourth-order valence-corrected chi connectivity index (χ4v) is 3.12. The SMILES string of the molecule is CCOc1ccc(C2(CNC(=O)CCC(C)N)CCOCC2)cc1. The molecule has 3 N–H and O–H groups in total. The highest BCUT2D eigenvalue weighted by molar-refractivity contribution is 5.76. The fraction of sp³-hybridized carbons (Fsp3) is 0.632. The Hall–Kier alpha value is -1.59. The van der Waals surface area contributed by atoms with Gasteiger partial charge in [0.1, 0.15) is 5.75 Å². The maximum atomic E-state index is 12.1. The lowest BCUT2D eigenvalue weighted by molar-refractivity contribution is -0.121. The van der Waals surface area contributed by atoms with Crippen molar-refractivity contribution in [3.63, 3.8) is 0 Å². The molecule has 0 bridgehead atoms. The molecule has 1 aromatic rings. The van der Waals surface area contributed by atoms with Crippen LogP contribution in [0.4, 0.5) is 0 Å². The van der Waals surface area contributed by atoms with Crippen LogP contribution in [0.5, 0.6) is 5.75 Å². The molecule has 0 radical (unpaired) electrons. The summed E-state index contributed by atoms with van der Waals surface area (Å²) in [6.45, 7) is 6.65. The number of ether oxygens (including phenoxy) is 2. The molecule has 0 spiro atoms. The number of amides is 1. The van der Waals surface area contributed by atoms with Gasteiger partial charge in [0.2, 0.25) is 5.91 Å². The highest BCUT2D eigenvalue weighted by Gasteiger charge is 2.34. The Morgan fingerprint density at radius 3 is 2.58 bits per heavy atom. The molecule has 0 saturated carbocycles. The minimum atomic E-state index is -0.0625. The van der Waals surface area contributed by atoms with Crippen LogP contribution in [0.1, 0.15) is 45.1 Å². The van der Waals surface area contributed by atoms with Crippen molar-refractivity contribution < 1.29 is 14.3 Å². The molecule has 1 atom stereocenters. The predicted molar refractivity (Wildman–Crippen MR) is 95.2 cm³/mol. The molecule has 1 heterocycles. The molecule has 134 valence electrons. The topological polar surface area (TPSA) is 73.6 Å². The summed E-state index contributed by atoms with van der Waals surface area (Å²) in [5.74, 6) is 0.952. The molecular weight excluding hydrogens is 304 g/mol. The molecule has 0 aromatic heterocycles. The largest absolute Gasteiger partial charge is 0.494 e. The Kier molecular flexibility index (Phi) is 7.06. The quantitative estimate of drug-likeness (QED) is 0.765. The summed E-state index contributed by atoms with van der Waals surface area (Å²) in [6.07, 6.45) is 3.02. The molecule has 0 aliphatic carbocycles. The zero-order valence-corrected chi connectivity index (χ0v) is 14.8. The van der Waals surface area contributed by atoms with Crippen LogP contribution in [0.2, 0.25) is 0 Å². The lowest BCUT2D eigenvalue weighted by Gasteiger charge is -2.38. The van der Waals surface area contributed by atoms with Crippen LogP contribution in [0.3, 0.4) is 0 Å². The molecule has 2 rings (SSSR count). The lowest BCUT2D eigenvalue weighted by Crippen LogP contribution is -2.44. The average Bonchev–Trinajstić information content (AvgIpc) is 2.60. The summed E-state index contributed by atoms with van der Waals surface area (Å²) in [6, 6.07) is 8.30. The van der Waals surface area contributed by atoms with E-state index in [-0.39, 0.29) is 17.4 Å². The third-order valence-corrected chi connectivity index (χ3v) is 4.68. The molecule has 1 unspecified atom stereocenters. The van der Waals surface area contributed by atoms with Gasteiger partial charge in [-0.3, -0.25) is 4.79 Å². The van der Waals surface area contributed by atoms with Crippen molar-refractivity contribution in [1.82, 2.24) is 5.32 Å². The van der Waals surface area contributed by atoms with Gasteiger partial charge in [-0.1, -0.05) is 12.1 Å². The van der Waals surface area contributed by atoms with Gasteiger partial charge in [0.25, 0.3) is 0 Å². The number of benzene rings is 1. The van der Waals surface area contributed by atoms with Gasteiger partial charge in [-0.15, -0.1) is 0 Å². The number of hydrogen-bond acceptors (Lipinski definition) is 4. The molecule has 24 heavy (non-hydrogen) atoms. The summed E-state index contributed by atoms with van der Waals surface area (Å²) < 4.78 is 11.1. The summed E-state index contributed by atoms with van der Waals surface area (Å²) in [7, 11) is 0. The van der Waals surface area contributed by atoms with Crippen molar-refractivity contribution in [2.75, 3.05) is 26.4 Å². The first-order valence-electron chi connectivity index (χ1n) is 8.89. The van der Waals surface area contributed by atoms with Gasteiger partial charge >= 0.3 is 0 Å². The van der Waals surface area contributed by atoms with E-state index in [0.717, 1.165) is 31.8 Å².